The third-order valence-electron chi connectivity index (χ3n) is 4.07. The highest BCUT2D eigenvalue weighted by atomic mass is 16.7. The molecule has 20 heavy (non-hydrogen) atoms. The quantitative estimate of drug-likeness (QED) is 0.777. The molecule has 0 aliphatic carbocycles. The Kier molecular flexibility index (Phi) is 5.02. The molecular formula is C16H26N2O2. The fourth-order valence-electron chi connectivity index (χ4n) is 2.51. The second kappa shape index (κ2) is 6.57. The van der Waals surface area contributed by atoms with Gasteiger partial charge in [0.2, 0.25) is 5.79 Å². The van der Waals surface area contributed by atoms with Crippen molar-refractivity contribution < 1.29 is 9.47 Å². The Bertz CT molecular complexity index is 407. The number of nitrogens with one attached hydrogen (secondary N) is 1. The topological polar surface area (TPSA) is 33.7 Å². The SMILES string of the molecule is CCCNC(C)c1ccc(N2CC(OC)(OC)C2)cc1. The average molecular weight is 278 g/mol. The number of hydrogen-bond acceptors (Lipinski definition) is 4. The Labute approximate surface area is 122 Å². The monoisotopic (exact) mass is 278 g/mol. The van der Waals surface area contributed by atoms with Crippen molar-refractivity contribution in [2.75, 3.05) is 38.8 Å². The van der Waals surface area contributed by atoms with Crippen LogP contribution in [-0.2, 0) is 9.47 Å². The highest BCUT2D eigenvalue weighted by molar-refractivity contribution is 5.51. The molecule has 4 nitrogen and oxygen atoms in total. The van der Waals surface area contributed by atoms with Crippen LogP contribution in [0.2, 0.25) is 0 Å². The fourth-order valence-corrected chi connectivity index (χ4v) is 2.51. The molecule has 1 atom stereocenters. The summed E-state index contributed by atoms with van der Waals surface area (Å²) in [6, 6.07) is 9.14. The molecule has 1 aromatic carbocycles. The zero-order valence-corrected chi connectivity index (χ0v) is 13.0. The van der Waals surface area contributed by atoms with Crippen LogP contribution in [0.15, 0.2) is 24.3 Å². The highest BCUT2D eigenvalue weighted by Gasteiger charge is 2.43. The van der Waals surface area contributed by atoms with Crippen molar-refractivity contribution in [3.05, 3.63) is 29.8 Å². The lowest BCUT2D eigenvalue weighted by atomic mass is 10.0. The van der Waals surface area contributed by atoms with Gasteiger partial charge in [-0.2, -0.15) is 0 Å². The molecule has 1 aliphatic rings. The lowest BCUT2D eigenvalue weighted by molar-refractivity contribution is -0.219. The maximum Gasteiger partial charge on any atom is 0.203 e. The second-order valence-electron chi connectivity index (χ2n) is 5.44. The molecule has 0 spiro atoms. The number of hydrogen-bond donors (Lipinski definition) is 1. The lowest BCUT2D eigenvalue weighted by Crippen LogP contribution is -2.64. The maximum atomic E-state index is 5.41. The largest absolute Gasteiger partial charge is 0.361 e. The normalized spacial score (nSPS) is 18.7. The molecule has 4 heteroatoms. The number of ether oxygens (including phenoxy) is 2. The molecular weight excluding hydrogens is 252 g/mol. The van der Waals surface area contributed by atoms with Crippen LogP contribution < -0.4 is 10.2 Å². The molecule has 0 radical (unpaired) electrons. The van der Waals surface area contributed by atoms with Gasteiger partial charge >= 0.3 is 0 Å². The Morgan fingerprint density at radius 1 is 1.20 bits per heavy atom. The first-order valence-electron chi connectivity index (χ1n) is 7.32. The standard InChI is InChI=1S/C16H26N2O2/c1-5-10-17-13(2)14-6-8-15(9-7-14)18-11-16(12-18,19-3)20-4/h6-9,13,17H,5,10-12H2,1-4H3. The van der Waals surface area contributed by atoms with Crippen molar-refractivity contribution in [2.45, 2.75) is 32.1 Å². The number of nitrogens with zero attached hydrogens (tertiary/aromatic N) is 1. The molecule has 0 aromatic heterocycles. The minimum absolute atomic E-state index is 0.400. The molecule has 1 heterocycles. The zero-order valence-electron chi connectivity index (χ0n) is 13.0. The average Bonchev–Trinajstić information content (AvgIpc) is 2.45. The molecule has 2 rings (SSSR count). The summed E-state index contributed by atoms with van der Waals surface area (Å²) in [7, 11) is 3.40. The zero-order chi connectivity index (χ0) is 14.6. The van der Waals surface area contributed by atoms with Gasteiger partial charge in [0.15, 0.2) is 0 Å². The van der Waals surface area contributed by atoms with Crippen LogP contribution in [0.4, 0.5) is 5.69 Å². The number of rotatable bonds is 7. The van der Waals surface area contributed by atoms with Crippen molar-refractivity contribution in [3.63, 3.8) is 0 Å². The van der Waals surface area contributed by atoms with Crippen LogP contribution in [0.3, 0.4) is 0 Å². The highest BCUT2D eigenvalue weighted by Crippen LogP contribution is 2.31. The summed E-state index contributed by atoms with van der Waals surface area (Å²) in [6.45, 7) is 7.00. The molecule has 1 saturated heterocycles. The molecule has 0 saturated carbocycles. The minimum atomic E-state index is -0.422. The van der Waals surface area contributed by atoms with E-state index in [1.54, 1.807) is 14.2 Å². The van der Waals surface area contributed by atoms with Crippen LogP contribution in [0.1, 0.15) is 31.9 Å². The van der Waals surface area contributed by atoms with E-state index in [-0.39, 0.29) is 0 Å². The Morgan fingerprint density at radius 2 is 1.80 bits per heavy atom. The first-order valence-corrected chi connectivity index (χ1v) is 7.32. The molecule has 0 amide bonds. The molecule has 1 aliphatic heterocycles. The van der Waals surface area contributed by atoms with E-state index in [2.05, 4.69) is 48.3 Å². The Balaban J connectivity index is 1.93. The van der Waals surface area contributed by atoms with Gasteiger partial charge in [-0.1, -0.05) is 19.1 Å². The predicted molar refractivity (Wildman–Crippen MR) is 82.1 cm³/mol. The van der Waals surface area contributed by atoms with Crippen molar-refractivity contribution >= 4 is 5.69 Å². The molecule has 1 N–H and O–H groups in total. The van der Waals surface area contributed by atoms with Crippen molar-refractivity contribution in [2.24, 2.45) is 0 Å². The summed E-state index contributed by atoms with van der Waals surface area (Å²) in [4.78, 5) is 2.26. The van der Waals surface area contributed by atoms with E-state index in [9.17, 15) is 0 Å². The Morgan fingerprint density at radius 3 is 2.30 bits per heavy atom. The summed E-state index contributed by atoms with van der Waals surface area (Å²) >= 11 is 0. The van der Waals surface area contributed by atoms with E-state index in [0.717, 1.165) is 26.1 Å². The summed E-state index contributed by atoms with van der Waals surface area (Å²) in [5, 5.41) is 3.50. The van der Waals surface area contributed by atoms with Gasteiger partial charge in [-0.05, 0) is 37.6 Å². The summed E-state index contributed by atoms with van der Waals surface area (Å²) < 4.78 is 10.8. The van der Waals surface area contributed by atoms with Crippen molar-refractivity contribution in [1.29, 1.82) is 0 Å². The maximum absolute atomic E-state index is 5.41. The molecule has 1 aromatic rings. The third kappa shape index (κ3) is 3.14. The van der Waals surface area contributed by atoms with Gasteiger partial charge in [0.05, 0.1) is 13.1 Å². The molecule has 0 bridgehead atoms. The smallest absolute Gasteiger partial charge is 0.203 e. The van der Waals surface area contributed by atoms with Gasteiger partial charge in [0.25, 0.3) is 0 Å². The third-order valence-corrected chi connectivity index (χ3v) is 4.07. The summed E-state index contributed by atoms with van der Waals surface area (Å²) in [5.41, 5.74) is 2.55. The van der Waals surface area contributed by atoms with Crippen molar-refractivity contribution in [1.82, 2.24) is 5.32 Å². The van der Waals surface area contributed by atoms with Gasteiger partial charge in [0, 0.05) is 25.9 Å². The minimum Gasteiger partial charge on any atom is -0.361 e. The number of anilines is 1. The predicted octanol–water partition coefficient (Wildman–Crippen LogP) is 2.56. The summed E-state index contributed by atoms with van der Waals surface area (Å²) in [5.74, 6) is -0.422. The van der Waals surface area contributed by atoms with E-state index < -0.39 is 5.79 Å². The number of methoxy groups -OCH3 is 2. The van der Waals surface area contributed by atoms with Gasteiger partial charge < -0.3 is 19.7 Å². The second-order valence-corrected chi connectivity index (χ2v) is 5.44. The number of benzene rings is 1. The first kappa shape index (κ1) is 15.3. The molecule has 1 unspecified atom stereocenters. The van der Waals surface area contributed by atoms with Crippen LogP contribution in [0.5, 0.6) is 0 Å². The van der Waals surface area contributed by atoms with E-state index in [1.165, 1.54) is 11.3 Å². The Hall–Kier alpha value is -1.10. The van der Waals surface area contributed by atoms with Gasteiger partial charge in [-0.3, -0.25) is 0 Å². The summed E-state index contributed by atoms with van der Waals surface area (Å²) in [6.07, 6.45) is 1.16. The lowest BCUT2D eigenvalue weighted by Gasteiger charge is -2.48. The van der Waals surface area contributed by atoms with Crippen molar-refractivity contribution in [3.8, 4) is 0 Å². The van der Waals surface area contributed by atoms with Gasteiger partial charge in [-0.15, -0.1) is 0 Å². The van der Waals surface area contributed by atoms with Crippen LogP contribution in [0.25, 0.3) is 0 Å². The van der Waals surface area contributed by atoms with Crippen LogP contribution >= 0.6 is 0 Å². The van der Waals surface area contributed by atoms with E-state index >= 15 is 0 Å². The van der Waals surface area contributed by atoms with Crippen LogP contribution in [-0.4, -0.2) is 39.6 Å². The van der Waals surface area contributed by atoms with Gasteiger partial charge in [0.1, 0.15) is 0 Å². The van der Waals surface area contributed by atoms with E-state index in [4.69, 9.17) is 9.47 Å². The van der Waals surface area contributed by atoms with Crippen LogP contribution in [0, 0.1) is 0 Å². The van der Waals surface area contributed by atoms with E-state index in [0.29, 0.717) is 6.04 Å². The molecule has 112 valence electrons. The fraction of sp³-hybridized carbons (Fsp3) is 0.625. The molecule has 1 fully saturated rings. The van der Waals surface area contributed by atoms with E-state index in [1.807, 2.05) is 0 Å². The van der Waals surface area contributed by atoms with Gasteiger partial charge in [-0.25, -0.2) is 0 Å². The first-order chi connectivity index (χ1) is 9.64.